The zero-order chi connectivity index (χ0) is 15.4. The number of aliphatic hydroxyl groups is 1. The molecule has 4 nitrogen and oxygen atoms in total. The van der Waals surface area contributed by atoms with Crippen LogP contribution in [0.5, 0.6) is 0 Å². The molecule has 1 aliphatic rings. The van der Waals surface area contributed by atoms with Gasteiger partial charge in [-0.15, -0.1) is 11.3 Å². The number of aryl methyl sites for hydroxylation is 1. The standard InChI is InChI=1S/C16H21NO3S/c1-11-10-15(21-14(11)6-4-5-8-18)16(19)17(3)13-7-9-20-12(13)2/h10,12-13,18H,5,7-9H2,1-3H3. The van der Waals surface area contributed by atoms with E-state index < -0.39 is 0 Å². The monoisotopic (exact) mass is 307 g/mol. The minimum absolute atomic E-state index is 0.0284. The average molecular weight is 307 g/mol. The molecule has 1 saturated heterocycles. The number of carbonyl (C=O) groups is 1. The van der Waals surface area contributed by atoms with Crippen molar-refractivity contribution in [2.24, 2.45) is 0 Å². The van der Waals surface area contributed by atoms with Crippen LogP contribution in [0.4, 0.5) is 0 Å². The van der Waals surface area contributed by atoms with Gasteiger partial charge in [-0.25, -0.2) is 0 Å². The molecule has 0 aromatic carbocycles. The highest BCUT2D eigenvalue weighted by Gasteiger charge is 2.31. The van der Waals surface area contributed by atoms with Crippen molar-refractivity contribution in [3.8, 4) is 11.8 Å². The van der Waals surface area contributed by atoms with Crippen molar-refractivity contribution < 1.29 is 14.6 Å². The lowest BCUT2D eigenvalue weighted by atomic mass is 10.1. The van der Waals surface area contributed by atoms with Crippen molar-refractivity contribution in [3.05, 3.63) is 21.4 Å². The van der Waals surface area contributed by atoms with Gasteiger partial charge in [0.15, 0.2) is 0 Å². The second-order valence-corrected chi connectivity index (χ2v) is 6.30. The van der Waals surface area contributed by atoms with Gasteiger partial charge in [-0.05, 0) is 31.9 Å². The molecular weight excluding hydrogens is 286 g/mol. The molecule has 1 fully saturated rings. The Kier molecular flexibility index (Phi) is 5.40. The molecule has 21 heavy (non-hydrogen) atoms. The van der Waals surface area contributed by atoms with Crippen LogP contribution in [0.25, 0.3) is 0 Å². The summed E-state index contributed by atoms with van der Waals surface area (Å²) >= 11 is 1.42. The minimum atomic E-state index is 0.0284. The van der Waals surface area contributed by atoms with Gasteiger partial charge in [-0.2, -0.15) is 0 Å². The fraction of sp³-hybridized carbons (Fsp3) is 0.562. The molecule has 0 radical (unpaired) electrons. The van der Waals surface area contributed by atoms with Gasteiger partial charge in [0.2, 0.25) is 0 Å². The van der Waals surface area contributed by atoms with E-state index in [4.69, 9.17) is 9.84 Å². The van der Waals surface area contributed by atoms with Crippen LogP contribution in [0.15, 0.2) is 6.07 Å². The van der Waals surface area contributed by atoms with Crippen molar-refractivity contribution in [1.29, 1.82) is 0 Å². The first-order valence-electron chi connectivity index (χ1n) is 7.13. The maximum absolute atomic E-state index is 12.6. The second-order valence-electron chi connectivity index (χ2n) is 5.25. The molecule has 0 saturated carbocycles. The number of hydrogen-bond acceptors (Lipinski definition) is 4. The van der Waals surface area contributed by atoms with Crippen LogP contribution in [-0.4, -0.2) is 48.3 Å². The average Bonchev–Trinajstić information content (AvgIpc) is 3.04. The Labute approximate surface area is 129 Å². The van der Waals surface area contributed by atoms with E-state index in [1.807, 2.05) is 27.0 Å². The van der Waals surface area contributed by atoms with E-state index in [0.29, 0.717) is 17.9 Å². The third-order valence-electron chi connectivity index (χ3n) is 3.72. The summed E-state index contributed by atoms with van der Waals surface area (Å²) in [4.78, 5) is 16.0. The Hall–Kier alpha value is -1.35. The Bertz CT molecular complexity index is 570. The normalized spacial score (nSPS) is 21.0. The highest BCUT2D eigenvalue weighted by molar-refractivity contribution is 7.14. The van der Waals surface area contributed by atoms with Crippen molar-refractivity contribution in [2.75, 3.05) is 20.3 Å². The molecule has 1 N–H and O–H groups in total. The molecule has 2 unspecified atom stereocenters. The maximum atomic E-state index is 12.6. The van der Waals surface area contributed by atoms with E-state index in [0.717, 1.165) is 16.9 Å². The SMILES string of the molecule is Cc1cc(C(=O)N(C)C2CCOC2C)sc1C#CCCO. The molecule has 114 valence electrons. The van der Waals surface area contributed by atoms with Gasteiger partial charge in [-0.1, -0.05) is 11.8 Å². The van der Waals surface area contributed by atoms with Crippen LogP contribution < -0.4 is 0 Å². The predicted octanol–water partition coefficient (Wildman–Crippen LogP) is 2.04. The number of aliphatic hydroxyl groups excluding tert-OH is 1. The van der Waals surface area contributed by atoms with Crippen molar-refractivity contribution >= 4 is 17.2 Å². The zero-order valence-electron chi connectivity index (χ0n) is 12.7. The highest BCUT2D eigenvalue weighted by Crippen LogP contribution is 2.25. The lowest BCUT2D eigenvalue weighted by Gasteiger charge is -2.26. The first kappa shape index (κ1) is 16.0. The number of nitrogens with zero attached hydrogens (tertiary/aromatic N) is 1. The lowest BCUT2D eigenvalue weighted by molar-refractivity contribution is 0.0578. The Morgan fingerprint density at radius 1 is 1.62 bits per heavy atom. The van der Waals surface area contributed by atoms with Crippen molar-refractivity contribution in [2.45, 2.75) is 38.8 Å². The summed E-state index contributed by atoms with van der Waals surface area (Å²) in [5.74, 6) is 5.95. The van der Waals surface area contributed by atoms with Gasteiger partial charge >= 0.3 is 0 Å². The van der Waals surface area contributed by atoms with Crippen LogP contribution in [0.3, 0.4) is 0 Å². The Morgan fingerprint density at radius 3 is 3.00 bits per heavy atom. The molecule has 0 bridgehead atoms. The van der Waals surface area contributed by atoms with Gasteiger partial charge in [0.25, 0.3) is 5.91 Å². The van der Waals surface area contributed by atoms with Gasteiger partial charge in [0.1, 0.15) is 0 Å². The van der Waals surface area contributed by atoms with Gasteiger partial charge in [0, 0.05) is 20.1 Å². The smallest absolute Gasteiger partial charge is 0.264 e. The van der Waals surface area contributed by atoms with E-state index in [-0.39, 0.29) is 24.7 Å². The summed E-state index contributed by atoms with van der Waals surface area (Å²) in [6.07, 6.45) is 1.43. The number of hydrogen-bond donors (Lipinski definition) is 1. The maximum Gasteiger partial charge on any atom is 0.264 e. The van der Waals surface area contributed by atoms with Gasteiger partial charge in [-0.3, -0.25) is 4.79 Å². The van der Waals surface area contributed by atoms with E-state index in [9.17, 15) is 4.79 Å². The van der Waals surface area contributed by atoms with E-state index in [2.05, 4.69) is 11.8 Å². The molecule has 2 atom stereocenters. The quantitative estimate of drug-likeness (QED) is 0.870. The fourth-order valence-electron chi connectivity index (χ4n) is 2.46. The van der Waals surface area contributed by atoms with Crippen molar-refractivity contribution in [3.63, 3.8) is 0 Å². The third-order valence-corrected chi connectivity index (χ3v) is 4.86. The van der Waals surface area contributed by atoms with Crippen LogP contribution >= 0.6 is 11.3 Å². The number of amides is 1. The number of thiophene rings is 1. The summed E-state index contributed by atoms with van der Waals surface area (Å²) in [5, 5.41) is 8.75. The number of ether oxygens (including phenoxy) is 1. The molecule has 0 spiro atoms. The van der Waals surface area contributed by atoms with Gasteiger partial charge in [0.05, 0.1) is 28.5 Å². The molecule has 1 aliphatic heterocycles. The number of likely N-dealkylation sites (N-methyl/N-ethyl adjacent to an activating group) is 1. The molecule has 0 aliphatic carbocycles. The first-order valence-corrected chi connectivity index (χ1v) is 7.95. The third kappa shape index (κ3) is 3.65. The van der Waals surface area contributed by atoms with E-state index in [1.54, 1.807) is 4.90 Å². The summed E-state index contributed by atoms with van der Waals surface area (Å²) in [6.45, 7) is 4.74. The topological polar surface area (TPSA) is 49.8 Å². The Morgan fingerprint density at radius 2 is 2.38 bits per heavy atom. The summed E-state index contributed by atoms with van der Waals surface area (Å²) in [6, 6.07) is 2.04. The second kappa shape index (κ2) is 7.08. The van der Waals surface area contributed by atoms with Crippen LogP contribution in [-0.2, 0) is 4.74 Å². The van der Waals surface area contributed by atoms with Crippen LogP contribution in [0.1, 0.15) is 39.9 Å². The van der Waals surface area contributed by atoms with Crippen LogP contribution in [0, 0.1) is 18.8 Å². The zero-order valence-corrected chi connectivity index (χ0v) is 13.5. The van der Waals surface area contributed by atoms with Crippen LogP contribution in [0.2, 0.25) is 0 Å². The molecule has 1 aromatic rings. The Balaban J connectivity index is 2.13. The fourth-order valence-corrected chi connectivity index (χ4v) is 3.49. The molecule has 1 amide bonds. The first-order chi connectivity index (χ1) is 10.0. The predicted molar refractivity (Wildman–Crippen MR) is 83.5 cm³/mol. The molecule has 2 rings (SSSR count). The minimum Gasteiger partial charge on any atom is -0.395 e. The van der Waals surface area contributed by atoms with Gasteiger partial charge < -0.3 is 14.7 Å². The number of carbonyl (C=O) groups excluding carboxylic acids is 1. The highest BCUT2D eigenvalue weighted by atomic mass is 32.1. The molecule has 2 heterocycles. The van der Waals surface area contributed by atoms with E-state index in [1.165, 1.54) is 11.3 Å². The van der Waals surface area contributed by atoms with E-state index >= 15 is 0 Å². The number of rotatable bonds is 3. The summed E-state index contributed by atoms with van der Waals surface area (Å²) in [7, 11) is 1.84. The summed E-state index contributed by atoms with van der Waals surface area (Å²) in [5.41, 5.74) is 1.01. The largest absolute Gasteiger partial charge is 0.395 e. The summed E-state index contributed by atoms with van der Waals surface area (Å²) < 4.78 is 5.53. The molecule has 5 heteroatoms. The lowest BCUT2D eigenvalue weighted by Crippen LogP contribution is -2.40. The van der Waals surface area contributed by atoms with Crippen molar-refractivity contribution in [1.82, 2.24) is 4.90 Å². The molecule has 1 aromatic heterocycles. The molecular formula is C16H21NO3S.